The van der Waals surface area contributed by atoms with E-state index in [1.165, 1.54) is 47.5 Å². The zero-order valence-corrected chi connectivity index (χ0v) is 12.5. The molecule has 0 radical (unpaired) electrons. The molecule has 0 heterocycles. The van der Waals surface area contributed by atoms with Gasteiger partial charge in [0.15, 0.2) is 0 Å². The van der Waals surface area contributed by atoms with Gasteiger partial charge in [0.2, 0.25) is 0 Å². The predicted octanol–water partition coefficient (Wildman–Crippen LogP) is 6.03. The van der Waals surface area contributed by atoms with E-state index >= 15 is 0 Å². The second kappa shape index (κ2) is 8.06. The van der Waals surface area contributed by atoms with Gasteiger partial charge in [-0.3, -0.25) is 0 Å². The molecular formula is C18H22S. The summed E-state index contributed by atoms with van der Waals surface area (Å²) in [5.74, 6) is 1.24. The first kappa shape index (κ1) is 14.2. The Balaban J connectivity index is 1.85. The number of hydrogen-bond donors (Lipinski definition) is 0. The first-order chi connectivity index (χ1) is 9.40. The Morgan fingerprint density at radius 3 is 2.11 bits per heavy atom. The van der Waals surface area contributed by atoms with E-state index in [9.17, 15) is 0 Å². The Hall–Kier alpha value is -1.21. The lowest BCUT2D eigenvalue weighted by Crippen LogP contribution is -1.82. The summed E-state index contributed by atoms with van der Waals surface area (Å²) in [6.45, 7) is 2.26. The Labute approximate surface area is 121 Å². The molecule has 0 aliphatic carbocycles. The van der Waals surface area contributed by atoms with Crippen LogP contribution in [0.4, 0.5) is 0 Å². The third kappa shape index (κ3) is 4.76. The molecule has 19 heavy (non-hydrogen) atoms. The van der Waals surface area contributed by atoms with Crippen molar-refractivity contribution in [3.05, 3.63) is 54.6 Å². The minimum atomic E-state index is 1.24. The van der Waals surface area contributed by atoms with E-state index in [0.717, 1.165) is 0 Å². The van der Waals surface area contributed by atoms with Gasteiger partial charge in [0.05, 0.1) is 0 Å². The monoisotopic (exact) mass is 270 g/mol. The standard InChI is InChI=1S/C18H22S/c1-2-3-4-8-15-19-18-13-11-17(12-14-18)16-9-6-5-7-10-16/h5-7,9-14H,2-4,8,15H2,1H3. The number of hydrogen-bond acceptors (Lipinski definition) is 1. The highest BCUT2D eigenvalue weighted by molar-refractivity contribution is 7.99. The fourth-order valence-electron chi connectivity index (χ4n) is 2.09. The number of unbranched alkanes of at least 4 members (excludes halogenated alkanes) is 3. The molecule has 0 fully saturated rings. The minimum absolute atomic E-state index is 1.24. The van der Waals surface area contributed by atoms with Gasteiger partial charge in [0.25, 0.3) is 0 Å². The van der Waals surface area contributed by atoms with Crippen molar-refractivity contribution in [1.82, 2.24) is 0 Å². The Morgan fingerprint density at radius 1 is 0.737 bits per heavy atom. The first-order valence-corrected chi connectivity index (χ1v) is 8.17. The van der Waals surface area contributed by atoms with Crippen molar-refractivity contribution in [1.29, 1.82) is 0 Å². The van der Waals surface area contributed by atoms with Crippen LogP contribution in [0, 0.1) is 0 Å². The van der Waals surface area contributed by atoms with Crippen LogP contribution in [0.5, 0.6) is 0 Å². The molecule has 2 aromatic rings. The molecule has 0 unspecified atom stereocenters. The van der Waals surface area contributed by atoms with Gasteiger partial charge in [0.1, 0.15) is 0 Å². The van der Waals surface area contributed by atoms with E-state index in [-0.39, 0.29) is 0 Å². The number of benzene rings is 2. The molecule has 100 valence electrons. The van der Waals surface area contributed by atoms with Crippen LogP contribution in [0.3, 0.4) is 0 Å². The molecule has 0 atom stereocenters. The normalized spacial score (nSPS) is 10.6. The fourth-order valence-corrected chi connectivity index (χ4v) is 3.01. The van der Waals surface area contributed by atoms with E-state index in [0.29, 0.717) is 0 Å². The minimum Gasteiger partial charge on any atom is -0.126 e. The van der Waals surface area contributed by atoms with Crippen LogP contribution in [-0.2, 0) is 0 Å². The average Bonchev–Trinajstić information content (AvgIpc) is 2.49. The molecule has 0 aliphatic heterocycles. The van der Waals surface area contributed by atoms with Crippen molar-refractivity contribution in [2.24, 2.45) is 0 Å². The maximum absolute atomic E-state index is 2.26. The molecule has 0 spiro atoms. The lowest BCUT2D eigenvalue weighted by molar-refractivity contribution is 0.706. The Bertz CT molecular complexity index is 459. The third-order valence-corrected chi connectivity index (χ3v) is 4.33. The zero-order valence-electron chi connectivity index (χ0n) is 11.6. The van der Waals surface area contributed by atoms with Gasteiger partial charge in [0, 0.05) is 4.90 Å². The Kier molecular flexibility index (Phi) is 6.03. The quantitative estimate of drug-likeness (QED) is 0.437. The lowest BCUT2D eigenvalue weighted by Gasteiger charge is -2.04. The summed E-state index contributed by atoms with van der Waals surface area (Å²) in [6.07, 6.45) is 5.38. The molecule has 0 saturated heterocycles. The molecule has 0 aromatic heterocycles. The van der Waals surface area contributed by atoms with E-state index in [1.54, 1.807) is 0 Å². The van der Waals surface area contributed by atoms with Crippen LogP contribution < -0.4 is 0 Å². The molecule has 0 amide bonds. The largest absolute Gasteiger partial charge is 0.126 e. The summed E-state index contributed by atoms with van der Waals surface area (Å²) in [4.78, 5) is 1.39. The molecule has 2 rings (SSSR count). The molecule has 0 saturated carbocycles. The predicted molar refractivity (Wildman–Crippen MR) is 86.7 cm³/mol. The van der Waals surface area contributed by atoms with Gasteiger partial charge < -0.3 is 0 Å². The Morgan fingerprint density at radius 2 is 1.42 bits per heavy atom. The van der Waals surface area contributed by atoms with Crippen LogP contribution in [0.1, 0.15) is 32.6 Å². The maximum Gasteiger partial charge on any atom is 0.00723 e. The van der Waals surface area contributed by atoms with Crippen molar-refractivity contribution in [3.63, 3.8) is 0 Å². The lowest BCUT2D eigenvalue weighted by atomic mass is 10.1. The molecule has 0 nitrogen and oxygen atoms in total. The molecule has 2 aromatic carbocycles. The topological polar surface area (TPSA) is 0 Å². The van der Waals surface area contributed by atoms with Crippen molar-refractivity contribution in [2.75, 3.05) is 5.75 Å². The average molecular weight is 270 g/mol. The van der Waals surface area contributed by atoms with Crippen molar-refractivity contribution in [3.8, 4) is 11.1 Å². The molecular weight excluding hydrogens is 248 g/mol. The summed E-state index contributed by atoms with van der Waals surface area (Å²) in [5.41, 5.74) is 2.60. The van der Waals surface area contributed by atoms with Crippen molar-refractivity contribution >= 4 is 11.8 Å². The summed E-state index contributed by atoms with van der Waals surface area (Å²) >= 11 is 1.97. The zero-order chi connectivity index (χ0) is 13.3. The number of rotatable bonds is 7. The van der Waals surface area contributed by atoms with Gasteiger partial charge in [-0.05, 0) is 35.4 Å². The SMILES string of the molecule is CCCCCCSc1ccc(-c2ccccc2)cc1. The van der Waals surface area contributed by atoms with E-state index in [4.69, 9.17) is 0 Å². The maximum atomic E-state index is 2.26. The second-order valence-corrected chi connectivity index (χ2v) is 5.97. The highest BCUT2D eigenvalue weighted by Crippen LogP contribution is 2.24. The van der Waals surface area contributed by atoms with Gasteiger partial charge in [-0.1, -0.05) is 68.7 Å². The van der Waals surface area contributed by atoms with Crippen LogP contribution in [0.25, 0.3) is 11.1 Å². The van der Waals surface area contributed by atoms with Crippen LogP contribution >= 0.6 is 11.8 Å². The van der Waals surface area contributed by atoms with Crippen LogP contribution in [0.15, 0.2) is 59.5 Å². The first-order valence-electron chi connectivity index (χ1n) is 7.18. The van der Waals surface area contributed by atoms with Gasteiger partial charge >= 0.3 is 0 Å². The highest BCUT2D eigenvalue weighted by atomic mass is 32.2. The van der Waals surface area contributed by atoms with Crippen molar-refractivity contribution in [2.45, 2.75) is 37.5 Å². The highest BCUT2D eigenvalue weighted by Gasteiger charge is 1.98. The molecule has 0 bridgehead atoms. The summed E-state index contributed by atoms with van der Waals surface area (Å²) < 4.78 is 0. The summed E-state index contributed by atoms with van der Waals surface area (Å²) in [7, 11) is 0. The second-order valence-electron chi connectivity index (χ2n) is 4.80. The third-order valence-electron chi connectivity index (χ3n) is 3.23. The van der Waals surface area contributed by atoms with E-state index in [2.05, 4.69) is 61.5 Å². The van der Waals surface area contributed by atoms with Gasteiger partial charge in [-0.2, -0.15) is 0 Å². The van der Waals surface area contributed by atoms with E-state index < -0.39 is 0 Å². The smallest absolute Gasteiger partial charge is 0.00723 e. The molecule has 1 heteroatoms. The summed E-state index contributed by atoms with van der Waals surface area (Å²) in [6, 6.07) is 19.5. The van der Waals surface area contributed by atoms with Crippen LogP contribution in [-0.4, -0.2) is 5.75 Å². The van der Waals surface area contributed by atoms with E-state index in [1.807, 2.05) is 11.8 Å². The summed E-state index contributed by atoms with van der Waals surface area (Å²) in [5, 5.41) is 0. The number of thioether (sulfide) groups is 1. The molecule has 0 N–H and O–H groups in total. The fraction of sp³-hybridized carbons (Fsp3) is 0.333. The van der Waals surface area contributed by atoms with Gasteiger partial charge in [-0.15, -0.1) is 11.8 Å². The molecule has 0 aliphatic rings. The van der Waals surface area contributed by atoms with Crippen molar-refractivity contribution < 1.29 is 0 Å². The van der Waals surface area contributed by atoms with Crippen LogP contribution in [0.2, 0.25) is 0 Å². The van der Waals surface area contributed by atoms with Gasteiger partial charge in [-0.25, -0.2) is 0 Å².